The van der Waals surface area contributed by atoms with E-state index in [4.69, 9.17) is 4.74 Å². The van der Waals surface area contributed by atoms with Gasteiger partial charge in [0.1, 0.15) is 5.84 Å². The Bertz CT molecular complexity index is 1010. The monoisotopic (exact) mass is 426 g/mol. The Balaban J connectivity index is 2.13. The summed E-state index contributed by atoms with van der Waals surface area (Å²) in [6.07, 6.45) is 1.92. The zero-order chi connectivity index (χ0) is 21.8. The molecule has 0 radical (unpaired) electrons. The van der Waals surface area contributed by atoms with E-state index in [0.29, 0.717) is 32.1 Å². The van der Waals surface area contributed by atoms with Crippen molar-refractivity contribution in [2.45, 2.75) is 32.6 Å². The largest absolute Gasteiger partial charge is 0.378 e. The fourth-order valence-corrected chi connectivity index (χ4v) is 4.33. The molecule has 1 fully saturated rings. The molecule has 2 aromatic carbocycles. The van der Waals surface area contributed by atoms with Crippen molar-refractivity contribution in [2.24, 2.45) is 9.81 Å². The normalized spacial score (nSPS) is 16.6. The molecule has 0 aromatic heterocycles. The fourth-order valence-electron chi connectivity index (χ4n) is 3.33. The summed E-state index contributed by atoms with van der Waals surface area (Å²) in [4.78, 5) is 2.19. The number of aryl methyl sites for hydroxylation is 1. The summed E-state index contributed by atoms with van der Waals surface area (Å²) in [7, 11) is -3.84. The molecule has 0 saturated carbocycles. The van der Waals surface area contributed by atoms with Gasteiger partial charge in [0.15, 0.2) is 0 Å². The van der Waals surface area contributed by atoms with Crippen molar-refractivity contribution in [3.63, 3.8) is 0 Å². The molecule has 0 atom stereocenters. The van der Waals surface area contributed by atoms with Crippen molar-refractivity contribution in [3.8, 4) is 0 Å². The van der Waals surface area contributed by atoms with Crippen LogP contribution in [-0.2, 0) is 14.8 Å². The highest BCUT2D eigenvalue weighted by molar-refractivity contribution is 7.90. The summed E-state index contributed by atoms with van der Waals surface area (Å²) in [5.74, 6) is 0.452. The lowest BCUT2D eigenvalue weighted by Crippen LogP contribution is -2.40. The molecular weight excluding hydrogens is 396 g/mol. The van der Waals surface area contributed by atoms with Gasteiger partial charge in [0.2, 0.25) is 0 Å². The molecule has 0 N–H and O–H groups in total. The highest BCUT2D eigenvalue weighted by Crippen LogP contribution is 2.34. The van der Waals surface area contributed by atoms with Crippen LogP contribution in [0.5, 0.6) is 0 Å². The maximum Gasteiger partial charge on any atom is 0.284 e. The van der Waals surface area contributed by atoms with Crippen molar-refractivity contribution in [2.75, 3.05) is 26.3 Å². The van der Waals surface area contributed by atoms with Crippen molar-refractivity contribution in [1.29, 1.82) is 0 Å². The average Bonchev–Trinajstić information content (AvgIpc) is 2.71. The highest BCUT2D eigenvalue weighted by atomic mass is 32.2. The van der Waals surface area contributed by atoms with Crippen LogP contribution in [0.15, 0.2) is 70.0 Å². The Kier molecular flexibility index (Phi) is 6.78. The number of hydrogen-bond donors (Lipinski definition) is 0. The van der Waals surface area contributed by atoms with E-state index in [1.54, 1.807) is 24.3 Å². The lowest BCUT2D eigenvalue weighted by Gasteiger charge is -2.30. The molecule has 2 aromatic rings. The van der Waals surface area contributed by atoms with Gasteiger partial charge in [0.05, 0.1) is 18.1 Å². The Hall–Kier alpha value is -2.44. The molecule has 5 nitrogen and oxygen atoms in total. The third-order valence-electron chi connectivity index (χ3n) is 5.03. The first-order chi connectivity index (χ1) is 14.2. The van der Waals surface area contributed by atoms with Crippen LogP contribution < -0.4 is 0 Å². The van der Waals surface area contributed by atoms with Gasteiger partial charge >= 0.3 is 0 Å². The maximum absolute atomic E-state index is 13.1. The van der Waals surface area contributed by atoms with Crippen LogP contribution in [0.3, 0.4) is 0 Å². The van der Waals surface area contributed by atoms with E-state index < -0.39 is 10.0 Å². The summed E-state index contributed by atoms with van der Waals surface area (Å²) in [5.41, 5.74) is 2.90. The zero-order valence-electron chi connectivity index (χ0n) is 18.1. The predicted molar refractivity (Wildman–Crippen MR) is 122 cm³/mol. The number of nitrogens with zero attached hydrogens (tertiary/aromatic N) is 2. The Morgan fingerprint density at radius 3 is 2.17 bits per heavy atom. The van der Waals surface area contributed by atoms with E-state index in [1.165, 1.54) is 0 Å². The van der Waals surface area contributed by atoms with Crippen molar-refractivity contribution in [1.82, 2.24) is 4.90 Å². The smallest absolute Gasteiger partial charge is 0.284 e. The van der Waals surface area contributed by atoms with Gasteiger partial charge in [-0.05, 0) is 41.7 Å². The van der Waals surface area contributed by atoms with E-state index in [2.05, 4.69) is 25.2 Å². The molecule has 1 aliphatic rings. The second-order valence-corrected chi connectivity index (χ2v) is 10.1. The van der Waals surface area contributed by atoms with Crippen LogP contribution >= 0.6 is 0 Å². The number of benzene rings is 2. The molecule has 3 rings (SSSR count). The second kappa shape index (κ2) is 9.14. The van der Waals surface area contributed by atoms with E-state index in [1.807, 2.05) is 48.2 Å². The van der Waals surface area contributed by atoms with Crippen LogP contribution in [0.2, 0.25) is 0 Å². The molecule has 1 aliphatic heterocycles. The Labute approximate surface area is 180 Å². The molecule has 1 heterocycles. The molecule has 0 bridgehead atoms. The molecule has 30 heavy (non-hydrogen) atoms. The van der Waals surface area contributed by atoms with Gasteiger partial charge in [0.25, 0.3) is 10.0 Å². The molecule has 0 unspecified atom stereocenters. The molecule has 160 valence electrons. The maximum atomic E-state index is 13.1. The number of rotatable bonds is 4. The Morgan fingerprint density at radius 2 is 1.60 bits per heavy atom. The van der Waals surface area contributed by atoms with Gasteiger partial charge in [-0.25, -0.2) is 0 Å². The first-order valence-corrected chi connectivity index (χ1v) is 11.6. The molecule has 6 heteroatoms. The second-order valence-electron chi connectivity index (χ2n) is 8.51. The van der Waals surface area contributed by atoms with Crippen LogP contribution in [0.1, 0.15) is 31.9 Å². The zero-order valence-corrected chi connectivity index (χ0v) is 18.9. The third-order valence-corrected chi connectivity index (χ3v) is 6.33. The Morgan fingerprint density at radius 1 is 1.00 bits per heavy atom. The van der Waals surface area contributed by atoms with Crippen molar-refractivity contribution >= 4 is 21.4 Å². The topological polar surface area (TPSA) is 59.0 Å². The average molecular weight is 427 g/mol. The standard InChI is InChI=1S/C24H30N2O3S/c1-19-10-12-21(13-11-19)30(27,28)25-23(26-14-16-29-17-15-26)18-22(24(2,3)4)20-8-6-5-7-9-20/h5-13,18H,14-17H2,1-4H3/b22-18+,25-23-. The van der Waals surface area contributed by atoms with Gasteiger partial charge in [-0.3, -0.25) is 0 Å². The van der Waals surface area contributed by atoms with Crippen LogP contribution in [-0.4, -0.2) is 45.5 Å². The highest BCUT2D eigenvalue weighted by Gasteiger charge is 2.24. The lowest BCUT2D eigenvalue weighted by molar-refractivity contribution is 0.0685. The molecular formula is C24H30N2O3S. The number of hydrogen-bond acceptors (Lipinski definition) is 3. The van der Waals surface area contributed by atoms with E-state index >= 15 is 0 Å². The summed E-state index contributed by atoms with van der Waals surface area (Å²) in [6, 6.07) is 16.8. The van der Waals surface area contributed by atoms with Gasteiger partial charge in [-0.15, -0.1) is 4.40 Å². The van der Waals surface area contributed by atoms with Gasteiger partial charge in [-0.1, -0.05) is 68.8 Å². The summed E-state index contributed by atoms with van der Waals surface area (Å²) < 4.78 is 35.9. The first-order valence-electron chi connectivity index (χ1n) is 10.2. The minimum Gasteiger partial charge on any atom is -0.378 e. The van der Waals surface area contributed by atoms with Crippen molar-refractivity contribution in [3.05, 3.63) is 71.8 Å². The fraction of sp³-hybridized carbons (Fsp3) is 0.375. The van der Waals surface area contributed by atoms with Gasteiger partial charge in [-0.2, -0.15) is 8.42 Å². The summed E-state index contributed by atoms with van der Waals surface area (Å²) in [6.45, 7) is 10.6. The van der Waals surface area contributed by atoms with Gasteiger partial charge in [0, 0.05) is 13.1 Å². The number of amidine groups is 1. The third kappa shape index (κ3) is 5.58. The van der Waals surface area contributed by atoms with E-state index in [9.17, 15) is 8.42 Å². The number of sulfonamides is 1. The minimum atomic E-state index is -3.84. The predicted octanol–water partition coefficient (Wildman–Crippen LogP) is 4.54. The summed E-state index contributed by atoms with van der Waals surface area (Å²) in [5, 5.41) is 0. The molecule has 0 amide bonds. The summed E-state index contributed by atoms with van der Waals surface area (Å²) >= 11 is 0. The van der Waals surface area contributed by atoms with E-state index in [-0.39, 0.29) is 10.3 Å². The molecule has 0 aliphatic carbocycles. The first kappa shape index (κ1) is 22.2. The van der Waals surface area contributed by atoms with Crippen LogP contribution in [0.25, 0.3) is 5.57 Å². The number of allylic oxidation sites excluding steroid dienone is 1. The van der Waals surface area contributed by atoms with Gasteiger partial charge < -0.3 is 9.64 Å². The number of ether oxygens (including phenoxy) is 1. The number of morpholine rings is 1. The lowest BCUT2D eigenvalue weighted by atomic mass is 9.81. The SMILES string of the molecule is Cc1ccc(S(=O)(=O)/N=C(/C=C(\c2ccccc2)C(C)(C)C)N2CCOCC2)cc1. The van der Waals surface area contributed by atoms with Crippen LogP contribution in [0.4, 0.5) is 0 Å². The minimum absolute atomic E-state index is 0.192. The quantitative estimate of drug-likeness (QED) is 0.532. The van der Waals surface area contributed by atoms with E-state index in [0.717, 1.165) is 16.7 Å². The molecule has 1 saturated heterocycles. The van der Waals surface area contributed by atoms with Crippen molar-refractivity contribution < 1.29 is 13.2 Å². The molecule has 0 spiro atoms. The van der Waals surface area contributed by atoms with Crippen LogP contribution in [0, 0.1) is 12.3 Å².